The van der Waals surface area contributed by atoms with Crippen LogP contribution in [0.15, 0.2) is 6.07 Å². The molecule has 3 nitrogen and oxygen atoms in total. The maximum absolute atomic E-state index is 4.58. The fourth-order valence-corrected chi connectivity index (χ4v) is 3.51. The zero-order valence-corrected chi connectivity index (χ0v) is 13.7. The van der Waals surface area contributed by atoms with Gasteiger partial charge < -0.3 is 5.32 Å². The van der Waals surface area contributed by atoms with E-state index in [9.17, 15) is 0 Å². The van der Waals surface area contributed by atoms with Crippen LogP contribution in [0, 0.1) is 24.7 Å². The van der Waals surface area contributed by atoms with Gasteiger partial charge in [0.2, 0.25) is 0 Å². The lowest BCUT2D eigenvalue weighted by Crippen LogP contribution is -2.29. The Morgan fingerprint density at radius 1 is 1.35 bits per heavy atom. The SMILES string of the molecule is CCn1nc(C)cc1CC1CCCC1CNCC(C)C. The summed E-state index contributed by atoms with van der Waals surface area (Å²) in [6.07, 6.45) is 5.40. The molecule has 0 radical (unpaired) electrons. The van der Waals surface area contributed by atoms with Crippen molar-refractivity contribution in [3.05, 3.63) is 17.5 Å². The van der Waals surface area contributed by atoms with Gasteiger partial charge in [0.1, 0.15) is 0 Å². The predicted octanol–water partition coefficient (Wildman–Crippen LogP) is 3.42. The molecule has 1 N–H and O–H groups in total. The minimum absolute atomic E-state index is 0.749. The molecule has 2 unspecified atom stereocenters. The molecule has 1 aliphatic carbocycles. The molecule has 2 rings (SSSR count). The van der Waals surface area contributed by atoms with Crippen molar-refractivity contribution in [1.82, 2.24) is 15.1 Å². The molecule has 1 saturated carbocycles. The van der Waals surface area contributed by atoms with Crippen molar-refractivity contribution in [2.75, 3.05) is 13.1 Å². The van der Waals surface area contributed by atoms with Crippen LogP contribution in [0.1, 0.15) is 51.4 Å². The molecular weight excluding hydrogens is 246 g/mol. The summed E-state index contributed by atoms with van der Waals surface area (Å²) in [5, 5.41) is 8.24. The van der Waals surface area contributed by atoms with Crippen LogP contribution in [0.4, 0.5) is 0 Å². The van der Waals surface area contributed by atoms with E-state index in [0.29, 0.717) is 0 Å². The van der Waals surface area contributed by atoms with Gasteiger partial charge in [-0.3, -0.25) is 4.68 Å². The van der Waals surface area contributed by atoms with Crippen molar-refractivity contribution >= 4 is 0 Å². The van der Waals surface area contributed by atoms with Gasteiger partial charge in [0.15, 0.2) is 0 Å². The summed E-state index contributed by atoms with van der Waals surface area (Å²) in [5.41, 5.74) is 2.60. The largest absolute Gasteiger partial charge is 0.316 e. The number of hydrogen-bond donors (Lipinski definition) is 1. The van der Waals surface area contributed by atoms with Gasteiger partial charge in [-0.15, -0.1) is 0 Å². The first-order valence-electron chi connectivity index (χ1n) is 8.34. The Morgan fingerprint density at radius 2 is 2.10 bits per heavy atom. The van der Waals surface area contributed by atoms with Crippen LogP contribution in [0.5, 0.6) is 0 Å². The fourth-order valence-electron chi connectivity index (χ4n) is 3.51. The molecule has 0 amide bonds. The van der Waals surface area contributed by atoms with Crippen LogP contribution in [0.2, 0.25) is 0 Å². The first-order valence-corrected chi connectivity index (χ1v) is 8.34. The Bertz CT molecular complexity index is 408. The third kappa shape index (κ3) is 4.08. The quantitative estimate of drug-likeness (QED) is 0.827. The molecule has 0 saturated heterocycles. The van der Waals surface area contributed by atoms with Crippen LogP contribution in [-0.4, -0.2) is 22.9 Å². The molecule has 1 aromatic rings. The third-order valence-corrected chi connectivity index (χ3v) is 4.53. The molecule has 1 fully saturated rings. The smallest absolute Gasteiger partial charge is 0.0596 e. The lowest BCUT2D eigenvalue weighted by molar-refractivity contribution is 0.350. The monoisotopic (exact) mass is 277 g/mol. The first-order chi connectivity index (χ1) is 9.60. The summed E-state index contributed by atoms with van der Waals surface area (Å²) in [7, 11) is 0. The summed E-state index contributed by atoms with van der Waals surface area (Å²) in [5.74, 6) is 2.45. The lowest BCUT2D eigenvalue weighted by Gasteiger charge is -2.21. The van der Waals surface area contributed by atoms with Crippen LogP contribution < -0.4 is 5.32 Å². The van der Waals surface area contributed by atoms with Crippen molar-refractivity contribution in [2.24, 2.45) is 17.8 Å². The van der Waals surface area contributed by atoms with Gasteiger partial charge in [0, 0.05) is 12.2 Å². The van der Waals surface area contributed by atoms with Gasteiger partial charge in [-0.25, -0.2) is 0 Å². The zero-order chi connectivity index (χ0) is 14.5. The van der Waals surface area contributed by atoms with Crippen molar-refractivity contribution in [3.63, 3.8) is 0 Å². The highest BCUT2D eigenvalue weighted by Crippen LogP contribution is 2.34. The predicted molar refractivity (Wildman–Crippen MR) is 84.9 cm³/mol. The van der Waals surface area contributed by atoms with E-state index >= 15 is 0 Å². The summed E-state index contributed by atoms with van der Waals surface area (Å²) < 4.78 is 2.19. The Labute approximate surface area is 124 Å². The summed E-state index contributed by atoms with van der Waals surface area (Å²) in [6, 6.07) is 2.28. The topological polar surface area (TPSA) is 29.9 Å². The number of aromatic nitrogens is 2. The van der Waals surface area contributed by atoms with E-state index in [0.717, 1.165) is 36.5 Å². The van der Waals surface area contributed by atoms with Crippen molar-refractivity contribution < 1.29 is 0 Å². The molecule has 3 heteroatoms. The average molecular weight is 277 g/mol. The van der Waals surface area contributed by atoms with Gasteiger partial charge in [-0.05, 0) is 70.0 Å². The second-order valence-corrected chi connectivity index (χ2v) is 6.80. The van der Waals surface area contributed by atoms with Gasteiger partial charge in [0.25, 0.3) is 0 Å². The highest BCUT2D eigenvalue weighted by atomic mass is 15.3. The van der Waals surface area contributed by atoms with E-state index in [4.69, 9.17) is 0 Å². The molecule has 1 aromatic heterocycles. The number of hydrogen-bond acceptors (Lipinski definition) is 2. The first kappa shape index (κ1) is 15.6. The Morgan fingerprint density at radius 3 is 2.80 bits per heavy atom. The highest BCUT2D eigenvalue weighted by Gasteiger charge is 2.28. The molecule has 0 aliphatic heterocycles. The van der Waals surface area contributed by atoms with E-state index in [1.165, 1.54) is 37.9 Å². The molecule has 0 aromatic carbocycles. The normalized spacial score (nSPS) is 22.9. The van der Waals surface area contributed by atoms with Gasteiger partial charge >= 0.3 is 0 Å². The number of nitrogens with one attached hydrogen (secondary N) is 1. The molecule has 0 spiro atoms. The molecule has 0 bridgehead atoms. The highest BCUT2D eigenvalue weighted by molar-refractivity contribution is 5.10. The zero-order valence-electron chi connectivity index (χ0n) is 13.7. The van der Waals surface area contributed by atoms with Crippen molar-refractivity contribution in [2.45, 2.75) is 59.9 Å². The fraction of sp³-hybridized carbons (Fsp3) is 0.824. The maximum Gasteiger partial charge on any atom is 0.0596 e. The van der Waals surface area contributed by atoms with Crippen LogP contribution >= 0.6 is 0 Å². The molecular formula is C17H31N3. The molecule has 2 atom stereocenters. The van der Waals surface area contributed by atoms with Crippen LogP contribution in [-0.2, 0) is 13.0 Å². The van der Waals surface area contributed by atoms with E-state index < -0.39 is 0 Å². The average Bonchev–Trinajstić information content (AvgIpc) is 2.96. The third-order valence-electron chi connectivity index (χ3n) is 4.53. The number of aryl methyl sites for hydroxylation is 2. The van der Waals surface area contributed by atoms with Crippen molar-refractivity contribution in [1.29, 1.82) is 0 Å². The second-order valence-electron chi connectivity index (χ2n) is 6.80. The Balaban J connectivity index is 1.90. The summed E-state index contributed by atoms with van der Waals surface area (Å²) in [4.78, 5) is 0. The second kappa shape index (κ2) is 7.26. The van der Waals surface area contributed by atoms with Gasteiger partial charge in [-0.1, -0.05) is 20.3 Å². The standard InChI is InChI=1S/C17H31N3/c1-5-20-17(9-14(4)19-20)10-15-7-6-8-16(15)12-18-11-13(2)3/h9,13,15-16,18H,5-8,10-12H2,1-4H3. The van der Waals surface area contributed by atoms with E-state index in [2.05, 4.69) is 48.9 Å². The maximum atomic E-state index is 4.58. The number of nitrogens with zero attached hydrogens (tertiary/aromatic N) is 2. The Hall–Kier alpha value is -0.830. The minimum Gasteiger partial charge on any atom is -0.316 e. The van der Waals surface area contributed by atoms with Crippen LogP contribution in [0.25, 0.3) is 0 Å². The van der Waals surface area contributed by atoms with Crippen molar-refractivity contribution in [3.8, 4) is 0 Å². The van der Waals surface area contributed by atoms with Gasteiger partial charge in [0.05, 0.1) is 5.69 Å². The molecule has 1 heterocycles. The van der Waals surface area contributed by atoms with Crippen LogP contribution in [0.3, 0.4) is 0 Å². The summed E-state index contributed by atoms with van der Waals surface area (Å²) in [6.45, 7) is 12.2. The van der Waals surface area contributed by atoms with E-state index in [1.807, 2.05) is 0 Å². The van der Waals surface area contributed by atoms with E-state index in [-0.39, 0.29) is 0 Å². The van der Waals surface area contributed by atoms with Gasteiger partial charge in [-0.2, -0.15) is 5.10 Å². The molecule has 1 aliphatic rings. The molecule has 114 valence electrons. The minimum atomic E-state index is 0.749. The lowest BCUT2D eigenvalue weighted by atomic mass is 9.91. The van der Waals surface area contributed by atoms with E-state index in [1.54, 1.807) is 0 Å². The Kier molecular flexibility index (Phi) is 5.64. The summed E-state index contributed by atoms with van der Waals surface area (Å²) >= 11 is 0. The molecule has 20 heavy (non-hydrogen) atoms. The number of rotatable bonds is 7.